The summed E-state index contributed by atoms with van der Waals surface area (Å²) < 4.78 is 47.9. The van der Waals surface area contributed by atoms with Crippen LogP contribution in [0.15, 0.2) is 63.4 Å². The first-order valence-electron chi connectivity index (χ1n) is 9.96. The average Bonchev–Trinajstić information content (AvgIpc) is 3.27. The van der Waals surface area contributed by atoms with Crippen molar-refractivity contribution in [1.29, 1.82) is 0 Å². The number of carbonyl (C=O) groups excluding carboxylic acids is 1. The third-order valence-electron chi connectivity index (χ3n) is 4.71. The van der Waals surface area contributed by atoms with Crippen LogP contribution in [0.5, 0.6) is 11.5 Å². The number of anilines is 1. The highest BCUT2D eigenvalue weighted by atomic mass is 32.2. The summed E-state index contributed by atoms with van der Waals surface area (Å²) in [5, 5.41) is 3.03. The second kappa shape index (κ2) is 10.0. The highest BCUT2D eigenvalue weighted by Gasteiger charge is 2.31. The molecule has 7 nitrogen and oxygen atoms in total. The first kappa shape index (κ1) is 24.0. The number of ether oxygens (including phenoxy) is 2. The molecule has 3 aromatic rings. The van der Waals surface area contributed by atoms with Crippen LogP contribution < -0.4 is 20.3 Å². The van der Waals surface area contributed by atoms with Crippen molar-refractivity contribution < 1.29 is 27.4 Å². The number of nitrogens with one attached hydrogen (secondary N) is 1. The Balaban J connectivity index is 1.59. The Morgan fingerprint density at radius 2 is 1.94 bits per heavy atom. The fourth-order valence-electron chi connectivity index (χ4n) is 3.28. The van der Waals surface area contributed by atoms with Gasteiger partial charge in [0.25, 0.3) is 5.56 Å². The summed E-state index contributed by atoms with van der Waals surface area (Å²) in [7, 11) is 1.50. The lowest BCUT2D eigenvalue weighted by Gasteiger charge is -2.15. The normalized spacial score (nSPS) is 12.8. The Bertz CT molecular complexity index is 1260. The molecule has 0 saturated carbocycles. The average molecular weight is 510 g/mol. The van der Waals surface area contributed by atoms with Gasteiger partial charge in [-0.3, -0.25) is 14.2 Å². The lowest BCUT2D eigenvalue weighted by atomic mass is 10.3. The molecule has 34 heavy (non-hydrogen) atoms. The Kier molecular flexibility index (Phi) is 7.08. The van der Waals surface area contributed by atoms with Gasteiger partial charge in [0.1, 0.15) is 11.5 Å². The van der Waals surface area contributed by atoms with E-state index in [1.807, 2.05) is 0 Å². The van der Waals surface area contributed by atoms with Gasteiger partial charge in [-0.2, -0.15) is 0 Å². The number of hydrogen-bond acceptors (Lipinski definition) is 7. The maximum Gasteiger partial charge on any atom is 0.573 e. The minimum atomic E-state index is -4.82. The van der Waals surface area contributed by atoms with Crippen LogP contribution in [0.4, 0.5) is 18.9 Å². The number of para-hydroxylation sites is 2. The fraction of sp³-hybridized carbons (Fsp3) is 0.227. The first-order chi connectivity index (χ1) is 16.2. The van der Waals surface area contributed by atoms with Gasteiger partial charge in [-0.05, 0) is 36.4 Å². The van der Waals surface area contributed by atoms with Gasteiger partial charge in [0, 0.05) is 12.2 Å². The molecule has 0 atom stereocenters. The summed E-state index contributed by atoms with van der Waals surface area (Å²) >= 11 is 2.44. The van der Waals surface area contributed by atoms with E-state index in [-0.39, 0.29) is 22.4 Å². The highest BCUT2D eigenvalue weighted by molar-refractivity contribution is 8.00. The Hall–Kier alpha value is -3.12. The number of rotatable bonds is 7. The third-order valence-corrected chi connectivity index (χ3v) is 6.75. The third kappa shape index (κ3) is 5.50. The summed E-state index contributed by atoms with van der Waals surface area (Å²) in [5.41, 5.74) is 1.14. The monoisotopic (exact) mass is 509 g/mol. The number of amides is 1. The number of alkyl halides is 3. The number of halogens is 3. The number of fused-ring (bicyclic) bond motifs is 1. The first-order valence-corrected chi connectivity index (χ1v) is 11.9. The number of aryl methyl sites for hydroxylation is 1. The largest absolute Gasteiger partial charge is 0.573 e. The zero-order chi connectivity index (χ0) is 24.3. The second-order valence-corrected chi connectivity index (χ2v) is 9.04. The number of hydrogen-bond donors (Lipinski definition) is 1. The standard InChI is InChI=1S/C22H18F3N3O4S2/c1-31-17-5-3-2-4-15(17)26-18(29)12-34-21-27-16-10-11-33-19(16)20(30)28(21)13-6-8-14(9-7-13)32-22(23,24)25/h2-9H,10-12H2,1H3,(H,26,29). The Morgan fingerprint density at radius 3 is 2.65 bits per heavy atom. The highest BCUT2D eigenvalue weighted by Crippen LogP contribution is 2.31. The van der Waals surface area contributed by atoms with Crippen LogP contribution in [0.25, 0.3) is 5.69 Å². The van der Waals surface area contributed by atoms with E-state index in [0.29, 0.717) is 39.9 Å². The van der Waals surface area contributed by atoms with Crippen molar-refractivity contribution >= 4 is 35.1 Å². The van der Waals surface area contributed by atoms with Gasteiger partial charge < -0.3 is 14.8 Å². The molecule has 0 unspecified atom stereocenters. The maximum atomic E-state index is 13.2. The summed E-state index contributed by atoms with van der Waals surface area (Å²) in [5.74, 6) is 0.424. The molecule has 12 heteroatoms. The van der Waals surface area contributed by atoms with Crippen molar-refractivity contribution in [3.05, 3.63) is 64.6 Å². The molecule has 0 fully saturated rings. The zero-order valence-electron chi connectivity index (χ0n) is 17.7. The molecule has 1 aromatic heterocycles. The van der Waals surface area contributed by atoms with Gasteiger partial charge in [-0.1, -0.05) is 23.9 Å². The fourth-order valence-corrected chi connectivity index (χ4v) is 5.13. The van der Waals surface area contributed by atoms with Crippen molar-refractivity contribution in [2.75, 3.05) is 23.9 Å². The van der Waals surface area contributed by atoms with Crippen molar-refractivity contribution in [2.24, 2.45) is 0 Å². The molecule has 0 aliphatic carbocycles. The summed E-state index contributed by atoms with van der Waals surface area (Å²) in [4.78, 5) is 30.8. The molecule has 1 aliphatic rings. The molecule has 0 saturated heterocycles. The quantitative estimate of drug-likeness (QED) is 0.371. The molecule has 178 valence electrons. The molecule has 1 amide bonds. The number of methoxy groups -OCH3 is 1. The maximum absolute atomic E-state index is 13.2. The van der Waals surface area contributed by atoms with Crippen LogP contribution in [-0.2, 0) is 11.2 Å². The molecule has 0 spiro atoms. The molecule has 1 aliphatic heterocycles. The van der Waals surface area contributed by atoms with Crippen LogP contribution >= 0.6 is 23.5 Å². The predicted molar refractivity (Wildman–Crippen MR) is 123 cm³/mol. The SMILES string of the molecule is COc1ccccc1NC(=O)CSc1nc2c(c(=O)n1-c1ccc(OC(F)(F)F)cc1)SCC2. The van der Waals surface area contributed by atoms with Gasteiger partial charge in [0.05, 0.1) is 34.8 Å². The lowest BCUT2D eigenvalue weighted by molar-refractivity contribution is -0.274. The van der Waals surface area contributed by atoms with Crippen LogP contribution in [0, 0.1) is 0 Å². The van der Waals surface area contributed by atoms with E-state index in [0.717, 1.165) is 23.9 Å². The molecule has 1 N–H and O–H groups in total. The van der Waals surface area contributed by atoms with Crippen molar-refractivity contribution in [3.63, 3.8) is 0 Å². The molecule has 2 heterocycles. The smallest absolute Gasteiger partial charge is 0.495 e. The van der Waals surface area contributed by atoms with Crippen LogP contribution in [0.2, 0.25) is 0 Å². The van der Waals surface area contributed by atoms with Gasteiger partial charge >= 0.3 is 6.36 Å². The summed E-state index contributed by atoms with van der Waals surface area (Å²) in [6, 6.07) is 11.9. The predicted octanol–water partition coefficient (Wildman–Crippen LogP) is 4.52. The number of nitrogens with zero attached hydrogens (tertiary/aromatic N) is 2. The van der Waals surface area contributed by atoms with E-state index in [4.69, 9.17) is 4.74 Å². The van der Waals surface area contributed by atoms with Gasteiger partial charge in [0.15, 0.2) is 5.16 Å². The molecule has 0 bridgehead atoms. The van der Waals surface area contributed by atoms with Crippen LogP contribution in [-0.4, -0.2) is 40.4 Å². The molecular formula is C22H18F3N3O4S2. The lowest BCUT2D eigenvalue weighted by Crippen LogP contribution is -2.25. The van der Waals surface area contributed by atoms with Gasteiger partial charge in [0.2, 0.25) is 5.91 Å². The minimum absolute atomic E-state index is 0.0499. The van der Waals surface area contributed by atoms with Crippen molar-refractivity contribution in [1.82, 2.24) is 9.55 Å². The van der Waals surface area contributed by atoms with E-state index in [9.17, 15) is 22.8 Å². The molecule has 0 radical (unpaired) electrons. The number of carbonyl (C=O) groups is 1. The van der Waals surface area contributed by atoms with Gasteiger partial charge in [-0.25, -0.2) is 4.98 Å². The number of benzene rings is 2. The van der Waals surface area contributed by atoms with E-state index >= 15 is 0 Å². The number of thioether (sulfide) groups is 2. The number of aromatic nitrogens is 2. The minimum Gasteiger partial charge on any atom is -0.495 e. The van der Waals surface area contributed by atoms with E-state index in [1.54, 1.807) is 24.3 Å². The van der Waals surface area contributed by atoms with Gasteiger partial charge in [-0.15, -0.1) is 24.9 Å². The molecule has 2 aromatic carbocycles. The van der Waals surface area contributed by atoms with E-state index < -0.39 is 12.1 Å². The topological polar surface area (TPSA) is 82.5 Å². The van der Waals surface area contributed by atoms with Crippen LogP contribution in [0.3, 0.4) is 0 Å². The summed E-state index contributed by atoms with van der Waals surface area (Å²) in [6.45, 7) is 0. The van der Waals surface area contributed by atoms with E-state index in [1.165, 1.54) is 35.6 Å². The second-order valence-electron chi connectivity index (χ2n) is 6.99. The van der Waals surface area contributed by atoms with Crippen molar-refractivity contribution in [2.45, 2.75) is 22.8 Å². The zero-order valence-corrected chi connectivity index (χ0v) is 19.4. The van der Waals surface area contributed by atoms with Crippen LogP contribution in [0.1, 0.15) is 5.69 Å². The summed E-state index contributed by atoms with van der Waals surface area (Å²) in [6.07, 6.45) is -4.20. The Morgan fingerprint density at radius 1 is 1.21 bits per heavy atom. The molecular weight excluding hydrogens is 491 g/mol. The van der Waals surface area contributed by atoms with E-state index in [2.05, 4.69) is 15.0 Å². The van der Waals surface area contributed by atoms with Crippen molar-refractivity contribution in [3.8, 4) is 17.2 Å². The Labute approximate surface area is 200 Å². The molecule has 4 rings (SSSR count).